The Morgan fingerprint density at radius 1 is 1.24 bits per heavy atom. The minimum absolute atomic E-state index is 0.168. The Hall–Kier alpha value is -2.11. The van der Waals surface area contributed by atoms with Gasteiger partial charge in [0.2, 0.25) is 0 Å². The van der Waals surface area contributed by atoms with E-state index in [9.17, 15) is 14.0 Å². The molecule has 0 bridgehead atoms. The number of rotatable bonds is 4. The SMILES string of the molecule is O=C(O)CC1(NC(=O)c2ccc(O)cc2F)CCCCC1. The number of hydrogen-bond acceptors (Lipinski definition) is 3. The van der Waals surface area contributed by atoms with E-state index in [0.717, 1.165) is 25.3 Å². The number of benzene rings is 1. The molecule has 1 aliphatic rings. The number of phenols is 1. The summed E-state index contributed by atoms with van der Waals surface area (Å²) in [5.41, 5.74) is -1.01. The number of carbonyl (C=O) groups is 2. The van der Waals surface area contributed by atoms with E-state index in [0.29, 0.717) is 12.8 Å². The van der Waals surface area contributed by atoms with Crippen molar-refractivity contribution in [2.24, 2.45) is 0 Å². The first-order chi connectivity index (χ1) is 9.92. The molecule has 1 fully saturated rings. The van der Waals surface area contributed by atoms with Crippen molar-refractivity contribution in [2.45, 2.75) is 44.1 Å². The van der Waals surface area contributed by atoms with Crippen LogP contribution in [-0.4, -0.2) is 27.6 Å². The minimum atomic E-state index is -0.983. The summed E-state index contributed by atoms with van der Waals surface area (Å²) in [7, 11) is 0. The lowest BCUT2D eigenvalue weighted by Crippen LogP contribution is -2.51. The summed E-state index contributed by atoms with van der Waals surface area (Å²) in [6.45, 7) is 0. The lowest BCUT2D eigenvalue weighted by atomic mass is 9.79. The number of aromatic hydroxyl groups is 1. The molecule has 21 heavy (non-hydrogen) atoms. The lowest BCUT2D eigenvalue weighted by molar-refractivity contribution is -0.139. The highest BCUT2D eigenvalue weighted by molar-refractivity contribution is 5.95. The van der Waals surface area contributed by atoms with Crippen LogP contribution in [0.15, 0.2) is 18.2 Å². The van der Waals surface area contributed by atoms with Crippen molar-refractivity contribution < 1.29 is 24.2 Å². The summed E-state index contributed by atoms with van der Waals surface area (Å²) in [5, 5.41) is 20.9. The Kier molecular flexibility index (Phi) is 4.45. The number of halogens is 1. The van der Waals surface area contributed by atoms with Crippen LogP contribution >= 0.6 is 0 Å². The topological polar surface area (TPSA) is 86.6 Å². The highest BCUT2D eigenvalue weighted by atomic mass is 19.1. The molecule has 0 spiro atoms. The van der Waals surface area contributed by atoms with E-state index >= 15 is 0 Å². The molecule has 1 aromatic carbocycles. The fraction of sp³-hybridized carbons (Fsp3) is 0.467. The number of nitrogens with one attached hydrogen (secondary N) is 1. The van der Waals surface area contributed by atoms with Gasteiger partial charge in [-0.3, -0.25) is 9.59 Å². The Balaban J connectivity index is 2.19. The zero-order valence-corrected chi connectivity index (χ0v) is 11.6. The van der Waals surface area contributed by atoms with Crippen LogP contribution in [0.4, 0.5) is 4.39 Å². The molecule has 0 aromatic heterocycles. The van der Waals surface area contributed by atoms with Gasteiger partial charge in [-0.15, -0.1) is 0 Å². The maximum absolute atomic E-state index is 13.7. The first kappa shape index (κ1) is 15.3. The predicted octanol–water partition coefficient (Wildman–Crippen LogP) is 2.44. The second-order valence-electron chi connectivity index (χ2n) is 5.53. The summed E-state index contributed by atoms with van der Waals surface area (Å²) in [4.78, 5) is 23.2. The molecule has 1 saturated carbocycles. The molecule has 0 saturated heterocycles. The molecule has 3 N–H and O–H groups in total. The smallest absolute Gasteiger partial charge is 0.305 e. The molecule has 114 valence electrons. The average Bonchev–Trinajstić information content (AvgIpc) is 2.38. The summed E-state index contributed by atoms with van der Waals surface area (Å²) < 4.78 is 13.7. The molecular weight excluding hydrogens is 277 g/mol. The van der Waals surface area contributed by atoms with Crippen LogP contribution in [0.3, 0.4) is 0 Å². The van der Waals surface area contributed by atoms with Crippen molar-refractivity contribution in [1.82, 2.24) is 5.32 Å². The number of aliphatic carboxylic acids is 1. The summed E-state index contributed by atoms with van der Waals surface area (Å²) in [6.07, 6.45) is 3.66. The molecule has 0 radical (unpaired) electrons. The largest absolute Gasteiger partial charge is 0.508 e. The van der Waals surface area contributed by atoms with Crippen molar-refractivity contribution >= 4 is 11.9 Å². The van der Waals surface area contributed by atoms with Crippen LogP contribution in [0.1, 0.15) is 48.9 Å². The average molecular weight is 295 g/mol. The number of carboxylic acids is 1. The van der Waals surface area contributed by atoms with Crippen molar-refractivity contribution in [3.8, 4) is 5.75 Å². The molecule has 2 rings (SSSR count). The molecule has 1 aliphatic carbocycles. The molecular formula is C15H18FNO4. The Labute approximate surface area is 121 Å². The van der Waals surface area contributed by atoms with Gasteiger partial charge in [0.05, 0.1) is 17.5 Å². The maximum Gasteiger partial charge on any atom is 0.305 e. The molecule has 1 amide bonds. The zero-order valence-electron chi connectivity index (χ0n) is 11.6. The summed E-state index contributed by atoms with van der Waals surface area (Å²) in [5.74, 6) is -2.71. The third-order valence-corrected chi connectivity index (χ3v) is 3.88. The third-order valence-electron chi connectivity index (χ3n) is 3.88. The van der Waals surface area contributed by atoms with E-state index in [-0.39, 0.29) is 17.7 Å². The van der Waals surface area contributed by atoms with Gasteiger partial charge < -0.3 is 15.5 Å². The van der Waals surface area contributed by atoms with Crippen LogP contribution in [0.2, 0.25) is 0 Å². The first-order valence-corrected chi connectivity index (χ1v) is 6.95. The quantitative estimate of drug-likeness (QED) is 0.796. The molecule has 0 unspecified atom stereocenters. The molecule has 1 aromatic rings. The van der Waals surface area contributed by atoms with Gasteiger partial charge in [-0.1, -0.05) is 19.3 Å². The van der Waals surface area contributed by atoms with Crippen molar-refractivity contribution in [3.63, 3.8) is 0 Å². The number of hydrogen-bond donors (Lipinski definition) is 3. The van der Waals surface area contributed by atoms with Crippen LogP contribution in [0.25, 0.3) is 0 Å². The van der Waals surface area contributed by atoms with Gasteiger partial charge in [0, 0.05) is 6.07 Å². The van der Waals surface area contributed by atoms with Gasteiger partial charge in [-0.05, 0) is 25.0 Å². The van der Waals surface area contributed by atoms with Gasteiger partial charge in [-0.2, -0.15) is 0 Å². The van der Waals surface area contributed by atoms with Crippen molar-refractivity contribution in [2.75, 3.05) is 0 Å². The number of phenolic OH excluding ortho intramolecular Hbond substituents is 1. The highest BCUT2D eigenvalue weighted by Gasteiger charge is 2.36. The number of carboxylic acid groups (broad SMARTS) is 1. The van der Waals surface area contributed by atoms with Gasteiger partial charge in [0.1, 0.15) is 11.6 Å². The van der Waals surface area contributed by atoms with Gasteiger partial charge >= 0.3 is 5.97 Å². The highest BCUT2D eigenvalue weighted by Crippen LogP contribution is 2.31. The molecule has 5 nitrogen and oxygen atoms in total. The second kappa shape index (κ2) is 6.11. The van der Waals surface area contributed by atoms with Gasteiger partial charge in [0.25, 0.3) is 5.91 Å². The van der Waals surface area contributed by atoms with E-state index in [1.165, 1.54) is 12.1 Å². The van der Waals surface area contributed by atoms with Crippen molar-refractivity contribution in [1.29, 1.82) is 0 Å². The Bertz CT molecular complexity index is 553. The first-order valence-electron chi connectivity index (χ1n) is 6.95. The van der Waals surface area contributed by atoms with E-state index in [2.05, 4.69) is 5.32 Å². The molecule has 0 heterocycles. The summed E-state index contributed by atoms with van der Waals surface area (Å²) in [6, 6.07) is 3.28. The second-order valence-corrected chi connectivity index (χ2v) is 5.53. The van der Waals surface area contributed by atoms with Gasteiger partial charge in [0.15, 0.2) is 0 Å². The predicted molar refractivity (Wildman–Crippen MR) is 73.6 cm³/mol. The standard InChI is InChI=1S/C15H18FNO4/c16-12-8-10(18)4-5-11(12)14(21)17-15(9-13(19)20)6-2-1-3-7-15/h4-5,8,18H,1-3,6-7,9H2,(H,17,21)(H,19,20). The monoisotopic (exact) mass is 295 g/mol. The Morgan fingerprint density at radius 3 is 2.48 bits per heavy atom. The Morgan fingerprint density at radius 2 is 1.90 bits per heavy atom. The minimum Gasteiger partial charge on any atom is -0.508 e. The molecule has 0 aliphatic heterocycles. The van der Waals surface area contributed by atoms with Crippen LogP contribution in [-0.2, 0) is 4.79 Å². The van der Waals surface area contributed by atoms with E-state index in [1.54, 1.807) is 0 Å². The van der Waals surface area contributed by atoms with Crippen LogP contribution in [0.5, 0.6) is 5.75 Å². The van der Waals surface area contributed by atoms with Crippen LogP contribution in [0, 0.1) is 5.82 Å². The number of amides is 1. The van der Waals surface area contributed by atoms with Gasteiger partial charge in [-0.25, -0.2) is 4.39 Å². The zero-order chi connectivity index (χ0) is 15.5. The maximum atomic E-state index is 13.7. The van der Waals surface area contributed by atoms with Crippen LogP contribution < -0.4 is 5.32 Å². The molecule has 6 heteroatoms. The lowest BCUT2D eigenvalue weighted by Gasteiger charge is -2.37. The number of carbonyl (C=O) groups excluding carboxylic acids is 1. The summed E-state index contributed by atoms with van der Waals surface area (Å²) >= 11 is 0. The third kappa shape index (κ3) is 3.71. The van der Waals surface area contributed by atoms with E-state index in [1.807, 2.05) is 0 Å². The fourth-order valence-electron chi connectivity index (χ4n) is 2.86. The van der Waals surface area contributed by atoms with Crippen molar-refractivity contribution in [3.05, 3.63) is 29.6 Å². The normalized spacial score (nSPS) is 17.2. The molecule has 0 atom stereocenters. The van der Waals surface area contributed by atoms with E-state index in [4.69, 9.17) is 10.2 Å². The fourth-order valence-corrected chi connectivity index (χ4v) is 2.86. The van der Waals surface area contributed by atoms with E-state index < -0.39 is 23.2 Å².